The maximum absolute atomic E-state index is 11.4. The number of carbonyl (C=O) groups excluding carboxylic acids is 1. The summed E-state index contributed by atoms with van der Waals surface area (Å²) >= 11 is 0. The lowest BCUT2D eigenvalue weighted by Crippen LogP contribution is -2.01. The lowest BCUT2D eigenvalue weighted by atomic mass is 10.0. The van der Waals surface area contributed by atoms with E-state index in [-0.39, 0.29) is 29.0 Å². The first-order chi connectivity index (χ1) is 7.10. The monoisotopic (exact) mass is 204 g/mol. The molecule has 0 saturated carbocycles. The predicted octanol–water partition coefficient (Wildman–Crippen LogP) is 2.06. The minimum Gasteiger partial charge on any atom is -0.294 e. The second-order valence-electron chi connectivity index (χ2n) is 2.88. The second-order valence-corrected chi connectivity index (χ2v) is 2.88. The van der Waals surface area contributed by atoms with Gasteiger partial charge in [0, 0.05) is 24.1 Å². The van der Waals surface area contributed by atoms with E-state index in [0.717, 1.165) is 6.07 Å². The van der Waals surface area contributed by atoms with Gasteiger partial charge in [-0.25, -0.2) is 0 Å². The Morgan fingerprint density at radius 3 is 2.73 bits per heavy atom. The average molecular weight is 204 g/mol. The van der Waals surface area contributed by atoms with Crippen molar-refractivity contribution in [3.05, 3.63) is 39.4 Å². The van der Waals surface area contributed by atoms with Gasteiger partial charge in [0.15, 0.2) is 5.78 Å². The number of nitro groups is 1. The standard InChI is InChI=1S/C10H8N2O3/c1-2-10(13)9-4-3-8(12(14)15)5-7(9)6-11/h3-5H,2H2,1H3. The maximum atomic E-state index is 11.4. The molecule has 0 saturated heterocycles. The van der Waals surface area contributed by atoms with E-state index < -0.39 is 4.92 Å². The fourth-order valence-corrected chi connectivity index (χ4v) is 1.17. The summed E-state index contributed by atoms with van der Waals surface area (Å²) in [5.74, 6) is -0.193. The van der Waals surface area contributed by atoms with Crippen LogP contribution in [0.4, 0.5) is 5.69 Å². The molecule has 0 atom stereocenters. The summed E-state index contributed by atoms with van der Waals surface area (Å²) in [5, 5.41) is 19.2. The van der Waals surface area contributed by atoms with Crippen molar-refractivity contribution >= 4 is 11.5 Å². The van der Waals surface area contributed by atoms with E-state index in [2.05, 4.69) is 0 Å². The first-order valence-corrected chi connectivity index (χ1v) is 4.32. The molecule has 0 aromatic heterocycles. The van der Waals surface area contributed by atoms with Gasteiger partial charge in [-0.3, -0.25) is 14.9 Å². The Bertz CT molecular complexity index is 460. The highest BCUT2D eigenvalue weighted by molar-refractivity contribution is 5.98. The third-order valence-electron chi connectivity index (χ3n) is 1.96. The first kappa shape index (κ1) is 10.9. The Balaban J connectivity index is 3.28. The molecule has 0 aliphatic rings. The van der Waals surface area contributed by atoms with Crippen molar-refractivity contribution in [2.45, 2.75) is 13.3 Å². The van der Waals surface area contributed by atoms with E-state index in [0.29, 0.717) is 0 Å². The van der Waals surface area contributed by atoms with Gasteiger partial charge in [-0.05, 0) is 6.07 Å². The summed E-state index contributed by atoms with van der Waals surface area (Å²) in [4.78, 5) is 21.2. The lowest BCUT2D eigenvalue weighted by molar-refractivity contribution is -0.384. The van der Waals surface area contributed by atoms with Gasteiger partial charge in [-0.15, -0.1) is 0 Å². The first-order valence-electron chi connectivity index (χ1n) is 4.32. The molecule has 1 aromatic carbocycles. The fourth-order valence-electron chi connectivity index (χ4n) is 1.17. The van der Waals surface area contributed by atoms with Crippen molar-refractivity contribution in [2.24, 2.45) is 0 Å². The van der Waals surface area contributed by atoms with Gasteiger partial charge in [0.05, 0.1) is 10.5 Å². The summed E-state index contributed by atoms with van der Waals surface area (Å²) in [6, 6.07) is 5.44. The number of non-ortho nitro benzene ring substituents is 1. The minimum absolute atomic E-state index is 0.0519. The van der Waals surface area contributed by atoms with Crippen LogP contribution >= 0.6 is 0 Å². The summed E-state index contributed by atoms with van der Waals surface area (Å²) in [5.41, 5.74) is 0.112. The molecule has 0 N–H and O–H groups in total. The third-order valence-corrected chi connectivity index (χ3v) is 1.96. The molecule has 0 spiro atoms. The quantitative estimate of drug-likeness (QED) is 0.428. The average Bonchev–Trinajstić information content (AvgIpc) is 2.27. The van der Waals surface area contributed by atoms with Crippen LogP contribution in [0.25, 0.3) is 0 Å². The van der Waals surface area contributed by atoms with Crippen LogP contribution in [0.3, 0.4) is 0 Å². The summed E-state index contributed by atoms with van der Waals surface area (Å²) in [7, 11) is 0. The molecule has 1 rings (SSSR count). The Morgan fingerprint density at radius 2 is 2.27 bits per heavy atom. The molecule has 0 radical (unpaired) electrons. The van der Waals surface area contributed by atoms with E-state index in [1.807, 2.05) is 0 Å². The molecule has 1 aromatic rings. The number of Topliss-reactive ketones (excluding diaryl/α,β-unsaturated/α-hetero) is 1. The molecule has 0 unspecified atom stereocenters. The zero-order valence-corrected chi connectivity index (χ0v) is 8.06. The van der Waals surface area contributed by atoms with E-state index in [9.17, 15) is 14.9 Å². The summed E-state index contributed by atoms with van der Waals surface area (Å²) in [6.45, 7) is 1.67. The number of nitriles is 1. The summed E-state index contributed by atoms with van der Waals surface area (Å²) in [6.07, 6.45) is 0.270. The van der Waals surface area contributed by atoms with Crippen molar-refractivity contribution in [3.8, 4) is 6.07 Å². The SMILES string of the molecule is CCC(=O)c1ccc([N+](=O)[O-])cc1C#N. The van der Waals surface area contributed by atoms with E-state index in [1.165, 1.54) is 12.1 Å². The third kappa shape index (κ3) is 2.17. The molecule has 5 heteroatoms. The van der Waals surface area contributed by atoms with Gasteiger partial charge in [0.1, 0.15) is 6.07 Å². The Hall–Kier alpha value is -2.22. The number of rotatable bonds is 3. The largest absolute Gasteiger partial charge is 0.294 e. The molecule has 15 heavy (non-hydrogen) atoms. The molecule has 0 amide bonds. The van der Waals surface area contributed by atoms with Crippen molar-refractivity contribution in [1.82, 2.24) is 0 Å². The Kier molecular flexibility index (Phi) is 3.13. The van der Waals surface area contributed by atoms with Gasteiger partial charge in [-0.1, -0.05) is 6.92 Å². The van der Waals surface area contributed by atoms with Crippen molar-refractivity contribution in [3.63, 3.8) is 0 Å². The summed E-state index contributed by atoms with van der Waals surface area (Å²) < 4.78 is 0. The van der Waals surface area contributed by atoms with Crippen LogP contribution < -0.4 is 0 Å². The number of carbonyl (C=O) groups is 1. The van der Waals surface area contributed by atoms with Crippen molar-refractivity contribution in [2.75, 3.05) is 0 Å². The van der Waals surface area contributed by atoms with Crippen LogP contribution in [0.1, 0.15) is 29.3 Å². The van der Waals surface area contributed by atoms with Gasteiger partial charge >= 0.3 is 0 Å². The van der Waals surface area contributed by atoms with Gasteiger partial charge in [-0.2, -0.15) is 5.26 Å². The Morgan fingerprint density at radius 1 is 1.60 bits per heavy atom. The molecule has 0 fully saturated rings. The highest BCUT2D eigenvalue weighted by atomic mass is 16.6. The number of hydrogen-bond acceptors (Lipinski definition) is 4. The topological polar surface area (TPSA) is 84.0 Å². The normalized spacial score (nSPS) is 9.33. The molecule has 76 valence electrons. The highest BCUT2D eigenvalue weighted by Crippen LogP contribution is 2.18. The molecule has 0 bridgehead atoms. The van der Waals surface area contributed by atoms with Crippen LogP contribution in [-0.4, -0.2) is 10.7 Å². The molecule has 0 aliphatic carbocycles. The number of hydrogen-bond donors (Lipinski definition) is 0. The van der Waals surface area contributed by atoms with Crippen molar-refractivity contribution in [1.29, 1.82) is 5.26 Å². The van der Waals surface area contributed by atoms with Crippen molar-refractivity contribution < 1.29 is 9.72 Å². The molecular formula is C10H8N2O3. The number of benzene rings is 1. The zero-order valence-electron chi connectivity index (χ0n) is 8.06. The highest BCUT2D eigenvalue weighted by Gasteiger charge is 2.14. The predicted molar refractivity (Wildman–Crippen MR) is 52.4 cm³/mol. The fraction of sp³-hybridized carbons (Fsp3) is 0.200. The zero-order chi connectivity index (χ0) is 11.4. The molecule has 5 nitrogen and oxygen atoms in total. The van der Waals surface area contributed by atoms with E-state index in [1.54, 1.807) is 13.0 Å². The number of ketones is 1. The molecular weight excluding hydrogens is 196 g/mol. The molecule has 0 heterocycles. The van der Waals surface area contributed by atoms with E-state index in [4.69, 9.17) is 5.26 Å². The second kappa shape index (κ2) is 4.33. The van der Waals surface area contributed by atoms with Gasteiger partial charge in [0.25, 0.3) is 5.69 Å². The van der Waals surface area contributed by atoms with Gasteiger partial charge in [0.2, 0.25) is 0 Å². The minimum atomic E-state index is -0.596. The lowest BCUT2D eigenvalue weighted by Gasteiger charge is -2.00. The van der Waals surface area contributed by atoms with Gasteiger partial charge < -0.3 is 0 Å². The number of nitro benzene ring substituents is 1. The molecule has 0 aliphatic heterocycles. The van der Waals surface area contributed by atoms with Crippen LogP contribution in [0.5, 0.6) is 0 Å². The van der Waals surface area contributed by atoms with Crippen LogP contribution in [0, 0.1) is 21.4 Å². The van der Waals surface area contributed by atoms with Crippen LogP contribution in [-0.2, 0) is 0 Å². The smallest absolute Gasteiger partial charge is 0.270 e. The van der Waals surface area contributed by atoms with Crippen LogP contribution in [0.15, 0.2) is 18.2 Å². The maximum Gasteiger partial charge on any atom is 0.270 e. The van der Waals surface area contributed by atoms with E-state index >= 15 is 0 Å². The Labute approximate surface area is 86.1 Å². The number of nitrogens with zero attached hydrogens (tertiary/aromatic N) is 2. The van der Waals surface area contributed by atoms with Crippen LogP contribution in [0.2, 0.25) is 0 Å².